The van der Waals surface area contributed by atoms with Gasteiger partial charge in [-0.25, -0.2) is 9.37 Å². The van der Waals surface area contributed by atoms with Gasteiger partial charge < -0.3 is 10.3 Å². The summed E-state index contributed by atoms with van der Waals surface area (Å²) < 4.78 is 13.7. The third-order valence-electron chi connectivity index (χ3n) is 3.89. The van der Waals surface area contributed by atoms with Crippen LogP contribution in [0, 0.1) is 5.82 Å². The number of hydrogen-bond acceptors (Lipinski definition) is 5. The smallest absolute Gasteiger partial charge is 0.237 e. The second-order valence-electron chi connectivity index (χ2n) is 5.69. The van der Waals surface area contributed by atoms with Crippen molar-refractivity contribution in [3.8, 4) is 0 Å². The van der Waals surface area contributed by atoms with E-state index < -0.39 is 11.1 Å². The summed E-state index contributed by atoms with van der Waals surface area (Å²) >= 11 is 1.16. The highest BCUT2D eigenvalue weighted by Gasteiger charge is 2.18. The maximum absolute atomic E-state index is 13.7. The Balaban J connectivity index is 1.53. The van der Waals surface area contributed by atoms with Crippen molar-refractivity contribution >= 4 is 45.4 Å². The number of carbonyl (C=O) groups excluding carboxylic acids is 1. The molecule has 8 heteroatoms. The molecule has 1 amide bonds. The van der Waals surface area contributed by atoms with E-state index >= 15 is 0 Å². The van der Waals surface area contributed by atoms with Gasteiger partial charge >= 0.3 is 0 Å². The highest BCUT2D eigenvalue weighted by molar-refractivity contribution is 8.00. The van der Waals surface area contributed by atoms with Crippen LogP contribution in [0.25, 0.3) is 22.1 Å². The number of para-hydroxylation sites is 2. The summed E-state index contributed by atoms with van der Waals surface area (Å²) in [5.41, 5.74) is 2.38. The summed E-state index contributed by atoms with van der Waals surface area (Å²) in [6, 6.07) is 13.8. The number of carbonyl (C=O) groups is 1. The van der Waals surface area contributed by atoms with Crippen molar-refractivity contribution < 1.29 is 9.18 Å². The molecular weight excluding hydrogens is 353 g/mol. The predicted octanol–water partition coefficient (Wildman–Crippen LogP) is 3.76. The van der Waals surface area contributed by atoms with Gasteiger partial charge in [0.05, 0.1) is 10.9 Å². The second kappa shape index (κ2) is 6.72. The Morgan fingerprint density at radius 3 is 2.77 bits per heavy atom. The molecule has 0 aliphatic rings. The largest absolute Gasteiger partial charge is 0.338 e. The number of rotatable bonds is 4. The van der Waals surface area contributed by atoms with E-state index in [0.29, 0.717) is 16.3 Å². The van der Waals surface area contributed by atoms with Gasteiger partial charge in [-0.2, -0.15) is 0 Å². The number of aromatic amines is 1. The van der Waals surface area contributed by atoms with Crippen LogP contribution in [0.1, 0.15) is 6.92 Å². The molecule has 2 heterocycles. The molecule has 2 N–H and O–H groups in total. The Labute approximate surface area is 152 Å². The van der Waals surface area contributed by atoms with E-state index in [1.54, 1.807) is 19.1 Å². The molecule has 0 unspecified atom stereocenters. The number of amides is 1. The topological polar surface area (TPSA) is 83.6 Å². The van der Waals surface area contributed by atoms with Crippen molar-refractivity contribution in [2.24, 2.45) is 0 Å². The number of halogens is 1. The number of anilines is 1. The lowest BCUT2D eigenvalue weighted by Gasteiger charge is -2.11. The number of nitrogens with one attached hydrogen (secondary N) is 2. The molecule has 2 aromatic heterocycles. The minimum Gasteiger partial charge on any atom is -0.338 e. The van der Waals surface area contributed by atoms with E-state index in [2.05, 4.69) is 25.5 Å². The Hall–Kier alpha value is -3.00. The van der Waals surface area contributed by atoms with Crippen LogP contribution in [0.4, 0.5) is 10.1 Å². The zero-order valence-electron chi connectivity index (χ0n) is 13.7. The van der Waals surface area contributed by atoms with Crippen LogP contribution in [0.3, 0.4) is 0 Å². The number of hydrogen-bond donors (Lipinski definition) is 2. The molecule has 0 radical (unpaired) electrons. The molecule has 26 heavy (non-hydrogen) atoms. The predicted molar refractivity (Wildman–Crippen MR) is 99.5 cm³/mol. The van der Waals surface area contributed by atoms with Crippen molar-refractivity contribution in [3.05, 3.63) is 54.3 Å². The average Bonchev–Trinajstić information content (AvgIpc) is 3.01. The Bertz CT molecular complexity index is 1110. The van der Waals surface area contributed by atoms with Crippen molar-refractivity contribution in [3.63, 3.8) is 0 Å². The Morgan fingerprint density at radius 2 is 1.92 bits per heavy atom. The summed E-state index contributed by atoms with van der Waals surface area (Å²) in [5.74, 6) is -0.809. The molecule has 4 aromatic rings. The van der Waals surface area contributed by atoms with Gasteiger partial charge in [-0.1, -0.05) is 42.1 Å². The maximum Gasteiger partial charge on any atom is 0.237 e. The van der Waals surface area contributed by atoms with Gasteiger partial charge in [-0.15, -0.1) is 10.2 Å². The molecule has 1 atom stereocenters. The molecular formula is C18H14FN5OS. The second-order valence-corrected chi connectivity index (χ2v) is 7.00. The van der Waals surface area contributed by atoms with Crippen molar-refractivity contribution in [1.82, 2.24) is 20.2 Å². The fourth-order valence-corrected chi connectivity index (χ4v) is 3.28. The fraction of sp³-hybridized carbons (Fsp3) is 0.111. The summed E-state index contributed by atoms with van der Waals surface area (Å²) in [6.07, 6.45) is 0. The first-order chi connectivity index (χ1) is 12.6. The van der Waals surface area contributed by atoms with Crippen LogP contribution in [0.2, 0.25) is 0 Å². The SMILES string of the molecule is C[C@@H](Sc1nnc2c(n1)[nH]c1ccccc12)C(=O)Nc1ccccc1F. The first-order valence-corrected chi connectivity index (χ1v) is 8.83. The van der Waals surface area contributed by atoms with E-state index in [4.69, 9.17) is 0 Å². The fourth-order valence-electron chi connectivity index (χ4n) is 2.56. The van der Waals surface area contributed by atoms with Gasteiger partial charge in [0.15, 0.2) is 5.65 Å². The molecule has 0 bridgehead atoms. The van der Waals surface area contributed by atoms with Crippen molar-refractivity contribution in [2.45, 2.75) is 17.3 Å². The minimum absolute atomic E-state index is 0.148. The van der Waals surface area contributed by atoms with Crippen LogP contribution >= 0.6 is 11.8 Å². The van der Waals surface area contributed by atoms with Crippen LogP contribution < -0.4 is 5.32 Å². The van der Waals surface area contributed by atoms with Crippen LogP contribution in [-0.2, 0) is 4.79 Å². The zero-order chi connectivity index (χ0) is 18.1. The highest BCUT2D eigenvalue weighted by atomic mass is 32.2. The molecule has 0 aliphatic heterocycles. The van der Waals surface area contributed by atoms with E-state index in [1.807, 2.05) is 24.3 Å². The van der Waals surface area contributed by atoms with Crippen LogP contribution in [0.5, 0.6) is 0 Å². The molecule has 0 aliphatic carbocycles. The van der Waals surface area contributed by atoms with E-state index in [-0.39, 0.29) is 11.6 Å². The molecule has 0 saturated heterocycles. The number of benzene rings is 2. The first kappa shape index (κ1) is 16.5. The standard InChI is InChI=1S/C18H14FN5OS/c1-10(17(25)21-14-9-5-3-7-12(14)19)26-18-22-16-15(23-24-18)11-6-2-4-8-13(11)20-16/h2-10H,1H3,(H,21,25)(H,20,22,24)/t10-/m1/s1. The lowest BCUT2D eigenvalue weighted by atomic mass is 10.2. The van der Waals surface area contributed by atoms with E-state index in [9.17, 15) is 9.18 Å². The van der Waals surface area contributed by atoms with E-state index in [0.717, 1.165) is 22.7 Å². The summed E-state index contributed by atoms with van der Waals surface area (Å²) in [4.78, 5) is 19.9. The van der Waals surface area contributed by atoms with Gasteiger partial charge in [0.1, 0.15) is 11.3 Å². The molecule has 130 valence electrons. The van der Waals surface area contributed by atoms with Gasteiger partial charge in [-0.3, -0.25) is 4.79 Å². The Morgan fingerprint density at radius 1 is 1.15 bits per heavy atom. The summed E-state index contributed by atoms with van der Waals surface area (Å²) in [6.45, 7) is 1.71. The molecule has 0 saturated carbocycles. The first-order valence-electron chi connectivity index (χ1n) is 7.95. The van der Waals surface area contributed by atoms with Gasteiger partial charge in [-0.05, 0) is 25.1 Å². The number of fused-ring (bicyclic) bond motifs is 3. The zero-order valence-corrected chi connectivity index (χ0v) is 14.5. The van der Waals surface area contributed by atoms with Crippen LogP contribution in [-0.4, -0.2) is 31.3 Å². The number of H-pyrrole nitrogens is 1. The molecule has 2 aromatic carbocycles. The maximum atomic E-state index is 13.7. The van der Waals surface area contributed by atoms with Gasteiger partial charge in [0, 0.05) is 10.9 Å². The summed E-state index contributed by atoms with van der Waals surface area (Å²) in [7, 11) is 0. The quantitative estimate of drug-likeness (QED) is 0.537. The van der Waals surface area contributed by atoms with Crippen molar-refractivity contribution in [2.75, 3.05) is 5.32 Å². The molecule has 0 fully saturated rings. The lowest BCUT2D eigenvalue weighted by molar-refractivity contribution is -0.115. The monoisotopic (exact) mass is 367 g/mol. The summed E-state index contributed by atoms with van der Waals surface area (Å²) in [5, 5.41) is 11.7. The van der Waals surface area contributed by atoms with Gasteiger partial charge in [0.2, 0.25) is 11.1 Å². The third kappa shape index (κ3) is 3.11. The van der Waals surface area contributed by atoms with Crippen molar-refractivity contribution in [1.29, 1.82) is 0 Å². The molecule has 4 rings (SSSR count). The third-order valence-corrected chi connectivity index (χ3v) is 4.84. The van der Waals surface area contributed by atoms with Gasteiger partial charge in [0.25, 0.3) is 0 Å². The number of nitrogens with zero attached hydrogens (tertiary/aromatic N) is 3. The minimum atomic E-state index is -0.516. The lowest BCUT2D eigenvalue weighted by Crippen LogP contribution is -2.23. The van der Waals surface area contributed by atoms with E-state index in [1.165, 1.54) is 12.1 Å². The molecule has 0 spiro atoms. The average molecular weight is 367 g/mol. The Kier molecular flexibility index (Phi) is 4.26. The number of thioether (sulfide) groups is 1. The normalized spacial score (nSPS) is 12.4. The number of aromatic nitrogens is 4. The van der Waals surface area contributed by atoms with Crippen LogP contribution in [0.15, 0.2) is 53.7 Å². The highest BCUT2D eigenvalue weighted by Crippen LogP contribution is 2.25. The molecule has 6 nitrogen and oxygen atoms in total.